The maximum atomic E-state index is 3.68. The summed E-state index contributed by atoms with van der Waals surface area (Å²) in [7, 11) is 0. The van der Waals surface area contributed by atoms with Crippen molar-refractivity contribution in [2.24, 2.45) is 0 Å². The minimum absolute atomic E-state index is 0.580. The van der Waals surface area contributed by atoms with E-state index in [9.17, 15) is 0 Å². The Labute approximate surface area is 108 Å². The standard InChI is InChI=1S/C13H23NS2/c1-3-7-12(13-8-5-11-16-13)14-9-6-10-15-4-2/h5,8,11-12,14H,3-4,6-7,9-10H2,1-2H3. The van der Waals surface area contributed by atoms with Gasteiger partial charge < -0.3 is 5.32 Å². The molecular formula is C13H23NS2. The summed E-state index contributed by atoms with van der Waals surface area (Å²) in [6.45, 7) is 5.63. The molecule has 1 rings (SSSR count). The molecule has 1 unspecified atom stereocenters. The van der Waals surface area contributed by atoms with Crippen molar-refractivity contribution < 1.29 is 0 Å². The van der Waals surface area contributed by atoms with Crippen LogP contribution >= 0.6 is 23.1 Å². The first kappa shape index (κ1) is 14.1. The third-order valence-electron chi connectivity index (χ3n) is 2.52. The summed E-state index contributed by atoms with van der Waals surface area (Å²) in [4.78, 5) is 1.49. The predicted molar refractivity (Wildman–Crippen MR) is 77.6 cm³/mol. The van der Waals surface area contributed by atoms with Crippen LogP contribution in [0.4, 0.5) is 0 Å². The molecule has 0 radical (unpaired) electrons. The van der Waals surface area contributed by atoms with E-state index in [4.69, 9.17) is 0 Å². The molecule has 92 valence electrons. The van der Waals surface area contributed by atoms with Crippen LogP contribution in [0.2, 0.25) is 0 Å². The molecule has 0 spiro atoms. The fourth-order valence-corrected chi connectivity index (χ4v) is 3.19. The molecule has 1 aromatic heterocycles. The van der Waals surface area contributed by atoms with Gasteiger partial charge in [-0.05, 0) is 42.3 Å². The van der Waals surface area contributed by atoms with Crippen LogP contribution in [0.3, 0.4) is 0 Å². The highest BCUT2D eigenvalue weighted by Crippen LogP contribution is 2.23. The minimum atomic E-state index is 0.580. The average Bonchev–Trinajstić information content (AvgIpc) is 2.81. The number of thioether (sulfide) groups is 1. The van der Waals surface area contributed by atoms with Crippen molar-refractivity contribution in [3.05, 3.63) is 22.4 Å². The number of rotatable bonds is 9. The van der Waals surface area contributed by atoms with Gasteiger partial charge in [-0.15, -0.1) is 11.3 Å². The van der Waals surface area contributed by atoms with Gasteiger partial charge in [0.15, 0.2) is 0 Å². The maximum absolute atomic E-state index is 3.68. The zero-order valence-electron chi connectivity index (χ0n) is 10.4. The van der Waals surface area contributed by atoms with Gasteiger partial charge in [0, 0.05) is 10.9 Å². The Hall–Kier alpha value is 0.01000. The fourth-order valence-electron chi connectivity index (χ4n) is 1.72. The van der Waals surface area contributed by atoms with Crippen LogP contribution in [-0.4, -0.2) is 18.1 Å². The molecule has 1 aromatic rings. The highest BCUT2D eigenvalue weighted by molar-refractivity contribution is 7.99. The van der Waals surface area contributed by atoms with Crippen LogP contribution in [-0.2, 0) is 0 Å². The summed E-state index contributed by atoms with van der Waals surface area (Å²) >= 11 is 3.90. The second kappa shape index (κ2) is 9.08. The minimum Gasteiger partial charge on any atom is -0.309 e. The molecule has 1 nitrogen and oxygen atoms in total. The molecule has 1 atom stereocenters. The zero-order chi connectivity index (χ0) is 11.6. The van der Waals surface area contributed by atoms with E-state index in [2.05, 4.69) is 36.7 Å². The summed E-state index contributed by atoms with van der Waals surface area (Å²) in [5.41, 5.74) is 0. The van der Waals surface area contributed by atoms with E-state index in [1.807, 2.05) is 23.1 Å². The first-order valence-electron chi connectivity index (χ1n) is 6.23. The van der Waals surface area contributed by atoms with Gasteiger partial charge in [0.1, 0.15) is 0 Å². The van der Waals surface area contributed by atoms with Crippen LogP contribution in [0.15, 0.2) is 17.5 Å². The van der Waals surface area contributed by atoms with Crippen molar-refractivity contribution in [3.8, 4) is 0 Å². The van der Waals surface area contributed by atoms with Crippen LogP contribution in [0.5, 0.6) is 0 Å². The third-order valence-corrected chi connectivity index (χ3v) is 4.50. The van der Waals surface area contributed by atoms with Gasteiger partial charge in [-0.2, -0.15) is 11.8 Å². The molecule has 0 aliphatic heterocycles. The van der Waals surface area contributed by atoms with Crippen molar-refractivity contribution in [2.75, 3.05) is 18.1 Å². The molecule has 0 bridgehead atoms. The molecule has 0 aliphatic carbocycles. The Morgan fingerprint density at radius 3 is 2.94 bits per heavy atom. The summed E-state index contributed by atoms with van der Waals surface area (Å²) in [6.07, 6.45) is 3.78. The fraction of sp³-hybridized carbons (Fsp3) is 0.692. The Morgan fingerprint density at radius 1 is 1.44 bits per heavy atom. The zero-order valence-corrected chi connectivity index (χ0v) is 12.0. The highest BCUT2D eigenvalue weighted by atomic mass is 32.2. The van der Waals surface area contributed by atoms with Gasteiger partial charge in [0.25, 0.3) is 0 Å². The van der Waals surface area contributed by atoms with E-state index in [-0.39, 0.29) is 0 Å². The summed E-state index contributed by atoms with van der Waals surface area (Å²) < 4.78 is 0. The summed E-state index contributed by atoms with van der Waals surface area (Å²) in [5.74, 6) is 2.52. The second-order valence-corrected chi connectivity index (χ2v) is 6.23. The predicted octanol–water partition coefficient (Wildman–Crippen LogP) is 4.32. The van der Waals surface area contributed by atoms with Crippen molar-refractivity contribution in [3.63, 3.8) is 0 Å². The number of hydrogen-bond acceptors (Lipinski definition) is 3. The van der Waals surface area contributed by atoms with Crippen molar-refractivity contribution in [1.82, 2.24) is 5.32 Å². The molecule has 0 aromatic carbocycles. The van der Waals surface area contributed by atoms with Gasteiger partial charge in [-0.25, -0.2) is 0 Å². The van der Waals surface area contributed by atoms with E-state index in [0.29, 0.717) is 6.04 Å². The molecule has 0 aliphatic rings. The second-order valence-electron chi connectivity index (χ2n) is 3.86. The normalized spacial score (nSPS) is 12.9. The smallest absolute Gasteiger partial charge is 0.0414 e. The van der Waals surface area contributed by atoms with E-state index in [1.54, 1.807) is 0 Å². The molecule has 16 heavy (non-hydrogen) atoms. The maximum Gasteiger partial charge on any atom is 0.0414 e. The molecular weight excluding hydrogens is 234 g/mol. The number of nitrogens with one attached hydrogen (secondary N) is 1. The molecule has 0 fully saturated rings. The summed E-state index contributed by atoms with van der Waals surface area (Å²) in [5, 5.41) is 5.85. The average molecular weight is 257 g/mol. The number of thiophene rings is 1. The lowest BCUT2D eigenvalue weighted by Gasteiger charge is -2.16. The lowest BCUT2D eigenvalue weighted by molar-refractivity contribution is 0.502. The topological polar surface area (TPSA) is 12.0 Å². The first-order chi connectivity index (χ1) is 7.88. The van der Waals surface area contributed by atoms with Gasteiger partial charge in [-0.1, -0.05) is 26.3 Å². The van der Waals surface area contributed by atoms with Crippen LogP contribution in [0.25, 0.3) is 0 Å². The van der Waals surface area contributed by atoms with Gasteiger partial charge in [0.05, 0.1) is 0 Å². The van der Waals surface area contributed by atoms with E-state index in [0.717, 1.165) is 6.54 Å². The third kappa shape index (κ3) is 5.37. The summed E-state index contributed by atoms with van der Waals surface area (Å²) in [6, 6.07) is 4.98. The lowest BCUT2D eigenvalue weighted by Crippen LogP contribution is -2.22. The van der Waals surface area contributed by atoms with Gasteiger partial charge >= 0.3 is 0 Å². The SMILES string of the molecule is CCCC(NCCCSCC)c1cccs1. The number of hydrogen-bond donors (Lipinski definition) is 1. The highest BCUT2D eigenvalue weighted by Gasteiger charge is 2.09. The van der Waals surface area contributed by atoms with E-state index >= 15 is 0 Å². The molecule has 0 saturated heterocycles. The van der Waals surface area contributed by atoms with Crippen molar-refractivity contribution in [1.29, 1.82) is 0 Å². The van der Waals surface area contributed by atoms with Crippen LogP contribution < -0.4 is 5.32 Å². The van der Waals surface area contributed by atoms with Gasteiger partial charge in [0.2, 0.25) is 0 Å². The van der Waals surface area contributed by atoms with Gasteiger partial charge in [-0.3, -0.25) is 0 Å². The molecule has 1 N–H and O–H groups in total. The van der Waals surface area contributed by atoms with Crippen LogP contribution in [0, 0.1) is 0 Å². The molecule has 0 amide bonds. The molecule has 0 saturated carbocycles. The molecule has 3 heteroatoms. The first-order valence-corrected chi connectivity index (χ1v) is 8.26. The van der Waals surface area contributed by atoms with E-state index in [1.165, 1.54) is 35.6 Å². The van der Waals surface area contributed by atoms with E-state index < -0.39 is 0 Å². The Balaban J connectivity index is 2.24. The Morgan fingerprint density at radius 2 is 2.31 bits per heavy atom. The largest absolute Gasteiger partial charge is 0.309 e. The molecule has 1 heterocycles. The van der Waals surface area contributed by atoms with Crippen LogP contribution in [0.1, 0.15) is 44.0 Å². The van der Waals surface area contributed by atoms with Crippen molar-refractivity contribution >= 4 is 23.1 Å². The quantitative estimate of drug-likeness (QED) is 0.661. The van der Waals surface area contributed by atoms with Crippen molar-refractivity contribution in [2.45, 2.75) is 39.2 Å². The lowest BCUT2D eigenvalue weighted by atomic mass is 10.1. The Bertz CT molecular complexity index is 246. The Kier molecular flexibility index (Phi) is 7.99. The monoisotopic (exact) mass is 257 g/mol.